The van der Waals surface area contributed by atoms with E-state index in [1.54, 1.807) is 23.8 Å². The molecule has 0 unspecified atom stereocenters. The van der Waals surface area contributed by atoms with Gasteiger partial charge in [-0.15, -0.1) is 0 Å². The fourth-order valence-electron chi connectivity index (χ4n) is 3.47. The molecule has 8 nitrogen and oxygen atoms in total. The lowest BCUT2D eigenvalue weighted by atomic mass is 10.1. The molecule has 9 heteroatoms. The summed E-state index contributed by atoms with van der Waals surface area (Å²) in [5, 5.41) is 0.555. The van der Waals surface area contributed by atoms with E-state index < -0.39 is 5.97 Å². The number of rotatable bonds is 8. The lowest BCUT2D eigenvalue weighted by Gasteiger charge is -2.12. The second-order valence-electron chi connectivity index (χ2n) is 7.11. The van der Waals surface area contributed by atoms with E-state index in [1.807, 2.05) is 48.1 Å². The number of methoxy groups -OCH3 is 2. The fraction of sp³-hybridized carbons (Fsp3) is 0.261. The Morgan fingerprint density at radius 2 is 1.94 bits per heavy atom. The first-order chi connectivity index (χ1) is 15.5. The minimum absolute atomic E-state index is 0.131. The summed E-state index contributed by atoms with van der Waals surface area (Å²) in [6.07, 6.45) is 1.93. The second-order valence-corrected chi connectivity index (χ2v) is 8.05. The number of fused-ring (bicyclic) bond motifs is 1. The Kier molecular flexibility index (Phi) is 6.48. The topological polar surface area (TPSA) is 88.5 Å². The van der Waals surface area contributed by atoms with Crippen molar-refractivity contribution in [1.29, 1.82) is 0 Å². The van der Waals surface area contributed by atoms with Crippen molar-refractivity contribution in [2.24, 2.45) is 7.05 Å². The van der Waals surface area contributed by atoms with Gasteiger partial charge in [-0.1, -0.05) is 42.1 Å². The summed E-state index contributed by atoms with van der Waals surface area (Å²) < 4.78 is 18.9. The van der Waals surface area contributed by atoms with Gasteiger partial charge in [-0.3, -0.25) is 9.36 Å². The van der Waals surface area contributed by atoms with Crippen LogP contribution in [0.15, 0.2) is 63.0 Å². The highest BCUT2D eigenvalue weighted by molar-refractivity contribution is 7.98. The Hall–Kier alpha value is -3.30. The van der Waals surface area contributed by atoms with E-state index in [0.29, 0.717) is 40.9 Å². The number of thioether (sulfide) groups is 1. The van der Waals surface area contributed by atoms with Gasteiger partial charge in [0, 0.05) is 25.9 Å². The highest BCUT2D eigenvalue weighted by Gasteiger charge is 2.19. The first-order valence-electron chi connectivity index (χ1n) is 9.97. The van der Waals surface area contributed by atoms with Crippen LogP contribution in [-0.4, -0.2) is 40.9 Å². The maximum Gasteiger partial charge on any atom is 0.373 e. The lowest BCUT2D eigenvalue weighted by Crippen LogP contribution is -2.26. The Morgan fingerprint density at radius 1 is 1.16 bits per heavy atom. The average Bonchev–Trinajstić information content (AvgIpc) is 3.42. The Bertz CT molecular complexity index is 1310. The van der Waals surface area contributed by atoms with Gasteiger partial charge in [0.1, 0.15) is 16.8 Å². The number of aryl methyl sites for hydroxylation is 1. The molecule has 0 atom stereocenters. The summed E-state index contributed by atoms with van der Waals surface area (Å²) in [6, 6.07) is 13.1. The van der Waals surface area contributed by atoms with E-state index in [4.69, 9.17) is 14.1 Å². The van der Waals surface area contributed by atoms with E-state index in [9.17, 15) is 9.59 Å². The summed E-state index contributed by atoms with van der Waals surface area (Å²) in [6.45, 7) is 0.752. The molecular formula is C23H23N3O5S. The highest BCUT2D eigenvalue weighted by Crippen LogP contribution is 2.30. The van der Waals surface area contributed by atoms with Gasteiger partial charge in [0.25, 0.3) is 5.56 Å². The molecule has 0 aliphatic carbocycles. The fourth-order valence-corrected chi connectivity index (χ4v) is 4.38. The molecule has 166 valence electrons. The maximum absolute atomic E-state index is 13.4. The molecular weight excluding hydrogens is 430 g/mol. The van der Waals surface area contributed by atoms with Crippen LogP contribution in [-0.2, 0) is 28.8 Å². The zero-order valence-corrected chi connectivity index (χ0v) is 18.8. The first kappa shape index (κ1) is 21.9. The molecule has 0 bridgehead atoms. The van der Waals surface area contributed by atoms with Gasteiger partial charge >= 0.3 is 5.97 Å². The summed E-state index contributed by atoms with van der Waals surface area (Å²) in [7, 11) is 4.75. The van der Waals surface area contributed by atoms with Crippen molar-refractivity contribution in [3.63, 3.8) is 0 Å². The van der Waals surface area contributed by atoms with Crippen LogP contribution in [0.4, 0.5) is 0 Å². The second kappa shape index (κ2) is 9.46. The molecule has 32 heavy (non-hydrogen) atoms. The van der Waals surface area contributed by atoms with E-state index in [0.717, 1.165) is 11.1 Å². The highest BCUT2D eigenvalue weighted by atomic mass is 32.2. The molecule has 0 fully saturated rings. The number of aromatic nitrogens is 3. The number of carbonyl (C=O) groups is 1. The molecule has 0 saturated carbocycles. The molecule has 0 radical (unpaired) electrons. The van der Waals surface area contributed by atoms with Crippen molar-refractivity contribution >= 4 is 28.8 Å². The largest absolute Gasteiger partial charge is 0.463 e. The zero-order valence-electron chi connectivity index (χ0n) is 18.0. The van der Waals surface area contributed by atoms with Crippen LogP contribution in [0.2, 0.25) is 0 Å². The summed E-state index contributed by atoms with van der Waals surface area (Å²) >= 11 is 1.37. The molecule has 3 aromatic heterocycles. The smallest absolute Gasteiger partial charge is 0.373 e. The van der Waals surface area contributed by atoms with Gasteiger partial charge in [0.2, 0.25) is 5.76 Å². The quantitative estimate of drug-likeness (QED) is 0.228. The third-order valence-corrected chi connectivity index (χ3v) is 6.04. The van der Waals surface area contributed by atoms with E-state index in [1.165, 1.54) is 18.9 Å². The molecule has 3 heterocycles. The van der Waals surface area contributed by atoms with Crippen molar-refractivity contribution in [3.8, 4) is 11.1 Å². The van der Waals surface area contributed by atoms with Crippen LogP contribution in [0.25, 0.3) is 22.2 Å². The van der Waals surface area contributed by atoms with E-state index in [-0.39, 0.29) is 11.3 Å². The SMILES string of the molecule is COCCn1c(SCc2ccc(C(=O)OC)o2)nc2c(-c3ccccc3)cn(C)c2c1=O. The molecule has 1 aromatic carbocycles. The summed E-state index contributed by atoms with van der Waals surface area (Å²) in [4.78, 5) is 29.9. The van der Waals surface area contributed by atoms with E-state index in [2.05, 4.69) is 4.74 Å². The Balaban J connectivity index is 1.76. The van der Waals surface area contributed by atoms with Crippen LogP contribution in [0.5, 0.6) is 0 Å². The van der Waals surface area contributed by atoms with Gasteiger partial charge in [-0.25, -0.2) is 9.78 Å². The number of ether oxygens (including phenoxy) is 2. The monoisotopic (exact) mass is 453 g/mol. The number of hydrogen-bond acceptors (Lipinski definition) is 7. The number of carbonyl (C=O) groups excluding carboxylic acids is 1. The molecule has 0 saturated heterocycles. The van der Waals surface area contributed by atoms with Crippen LogP contribution < -0.4 is 5.56 Å². The molecule has 0 amide bonds. The lowest BCUT2D eigenvalue weighted by molar-refractivity contribution is 0.0563. The van der Waals surface area contributed by atoms with Gasteiger partial charge < -0.3 is 18.5 Å². The average molecular weight is 454 g/mol. The standard InChI is InChI=1S/C23H23N3O5S/c1-25-13-17(15-7-5-4-6-8-15)19-20(25)21(27)26(11-12-29-2)23(24-19)32-14-16-9-10-18(31-16)22(28)30-3/h4-10,13H,11-12,14H2,1-3H3. The predicted molar refractivity (Wildman–Crippen MR) is 122 cm³/mol. The third-order valence-electron chi connectivity index (χ3n) is 5.04. The number of nitrogens with zero attached hydrogens (tertiary/aromatic N) is 3. The minimum Gasteiger partial charge on any atom is -0.463 e. The van der Waals surface area contributed by atoms with Crippen LogP contribution in [0.1, 0.15) is 16.3 Å². The zero-order chi connectivity index (χ0) is 22.7. The van der Waals surface area contributed by atoms with E-state index >= 15 is 0 Å². The van der Waals surface area contributed by atoms with Crippen LogP contribution in [0.3, 0.4) is 0 Å². The minimum atomic E-state index is -0.533. The van der Waals surface area contributed by atoms with Crippen molar-refractivity contribution in [1.82, 2.24) is 14.1 Å². The molecule has 0 aliphatic heterocycles. The Labute approximate surface area is 188 Å². The van der Waals surface area contributed by atoms with Gasteiger partial charge in [0.05, 0.1) is 26.0 Å². The van der Waals surface area contributed by atoms with Crippen molar-refractivity contribution in [2.75, 3.05) is 20.8 Å². The van der Waals surface area contributed by atoms with Gasteiger partial charge in [0.15, 0.2) is 5.16 Å². The molecule has 0 N–H and O–H groups in total. The summed E-state index contributed by atoms with van der Waals surface area (Å²) in [5.41, 5.74) is 2.94. The first-order valence-corrected chi connectivity index (χ1v) is 11.0. The number of hydrogen-bond donors (Lipinski definition) is 0. The molecule has 4 aromatic rings. The maximum atomic E-state index is 13.4. The van der Waals surface area contributed by atoms with Crippen LogP contribution >= 0.6 is 11.8 Å². The Morgan fingerprint density at radius 3 is 2.66 bits per heavy atom. The normalized spacial score (nSPS) is 11.2. The number of benzene rings is 1. The van der Waals surface area contributed by atoms with Crippen molar-refractivity contribution < 1.29 is 18.7 Å². The van der Waals surface area contributed by atoms with Gasteiger partial charge in [-0.2, -0.15) is 0 Å². The van der Waals surface area contributed by atoms with Crippen molar-refractivity contribution in [3.05, 3.63) is 70.5 Å². The molecule has 4 rings (SSSR count). The summed E-state index contributed by atoms with van der Waals surface area (Å²) in [5.74, 6) is 0.585. The van der Waals surface area contributed by atoms with Gasteiger partial charge in [-0.05, 0) is 17.7 Å². The predicted octanol–water partition coefficient (Wildman–Crippen LogP) is 3.72. The molecule has 0 aliphatic rings. The number of esters is 1. The van der Waals surface area contributed by atoms with Crippen molar-refractivity contribution in [2.45, 2.75) is 17.5 Å². The molecule has 0 spiro atoms. The number of furan rings is 1. The third kappa shape index (κ3) is 4.21. The van der Waals surface area contributed by atoms with Crippen LogP contribution in [0, 0.1) is 0 Å².